The van der Waals surface area contributed by atoms with Crippen LogP contribution in [0.2, 0.25) is 0 Å². The number of hydrogen-bond acceptors (Lipinski definition) is 5. The Morgan fingerprint density at radius 1 is 1.30 bits per heavy atom. The molecule has 4 rings (SSSR count). The summed E-state index contributed by atoms with van der Waals surface area (Å²) in [7, 11) is 0. The Morgan fingerprint density at radius 3 is 2.60 bits per heavy atom. The number of thiazole rings is 1. The molecule has 0 spiro atoms. The maximum Gasteiger partial charge on any atom is 0.319 e. The van der Waals surface area contributed by atoms with Crippen molar-refractivity contribution in [3.05, 3.63) is 27.8 Å². The maximum absolute atomic E-state index is 11.4. The van der Waals surface area contributed by atoms with Crippen molar-refractivity contribution in [3.63, 3.8) is 0 Å². The van der Waals surface area contributed by atoms with Crippen LogP contribution in [0.3, 0.4) is 0 Å². The van der Waals surface area contributed by atoms with Crippen molar-refractivity contribution in [2.45, 2.75) is 31.7 Å². The summed E-state index contributed by atoms with van der Waals surface area (Å²) in [6, 6.07) is 4.18. The van der Waals surface area contributed by atoms with E-state index in [0.29, 0.717) is 29.1 Å². The Bertz CT molecular complexity index is 664. The second-order valence-corrected chi connectivity index (χ2v) is 6.65. The second kappa shape index (κ2) is 4.41. The van der Waals surface area contributed by atoms with Crippen molar-refractivity contribution >= 4 is 32.9 Å². The van der Waals surface area contributed by atoms with E-state index in [-0.39, 0.29) is 10.6 Å². The zero-order valence-corrected chi connectivity index (χ0v) is 11.7. The number of nitro groups is 1. The molecule has 2 aliphatic carbocycles. The minimum absolute atomic E-state index is 0.134. The van der Waals surface area contributed by atoms with Crippen molar-refractivity contribution in [1.29, 1.82) is 0 Å². The van der Waals surface area contributed by atoms with Crippen molar-refractivity contribution in [2.24, 2.45) is 11.8 Å². The molecule has 0 unspecified atom stereocenters. The van der Waals surface area contributed by atoms with Gasteiger partial charge in [-0.3, -0.25) is 10.1 Å². The van der Waals surface area contributed by atoms with Gasteiger partial charge in [0.2, 0.25) is 0 Å². The Hall–Kier alpha value is -1.69. The van der Waals surface area contributed by atoms with Crippen LogP contribution in [-0.2, 0) is 0 Å². The largest absolute Gasteiger partial charge is 0.376 e. The lowest BCUT2D eigenvalue weighted by atomic mass is 10.1. The molecular weight excluding hydrogens is 274 g/mol. The third-order valence-corrected chi connectivity index (χ3v) is 5.03. The fourth-order valence-electron chi connectivity index (χ4n) is 2.93. The summed E-state index contributed by atoms with van der Waals surface area (Å²) in [5.41, 5.74) is 2.95. The van der Waals surface area contributed by atoms with Gasteiger partial charge in [0.25, 0.3) is 0 Å². The highest BCUT2D eigenvalue weighted by molar-refractivity contribution is 7.16. The van der Waals surface area contributed by atoms with Crippen LogP contribution in [0.1, 0.15) is 25.7 Å². The smallest absolute Gasteiger partial charge is 0.319 e. The summed E-state index contributed by atoms with van der Waals surface area (Å²) in [5, 5.41) is 14.9. The van der Waals surface area contributed by atoms with Crippen molar-refractivity contribution in [1.82, 2.24) is 4.98 Å². The molecule has 0 saturated heterocycles. The van der Waals surface area contributed by atoms with Gasteiger partial charge in [0, 0.05) is 6.04 Å². The number of nitrogens with zero attached hydrogens (tertiary/aromatic N) is 2. The van der Waals surface area contributed by atoms with Gasteiger partial charge in [-0.25, -0.2) is 4.98 Å². The van der Waals surface area contributed by atoms with Crippen molar-refractivity contribution in [2.75, 3.05) is 5.32 Å². The molecule has 1 heterocycles. The zero-order valence-electron chi connectivity index (χ0n) is 10.9. The first-order valence-electron chi connectivity index (χ1n) is 7.01. The highest BCUT2D eigenvalue weighted by Crippen LogP contribution is 2.47. The van der Waals surface area contributed by atoms with Gasteiger partial charge in [0.15, 0.2) is 5.52 Å². The van der Waals surface area contributed by atoms with E-state index in [9.17, 15) is 10.1 Å². The maximum atomic E-state index is 11.4. The topological polar surface area (TPSA) is 68.1 Å². The molecular formula is C14H15N3O2S. The third kappa shape index (κ3) is 2.04. The Labute approximate surface area is 120 Å². The molecule has 2 aromatic rings. The first-order valence-corrected chi connectivity index (χ1v) is 7.89. The zero-order chi connectivity index (χ0) is 13.7. The molecule has 1 aromatic heterocycles. The van der Waals surface area contributed by atoms with Crippen LogP contribution in [0, 0.1) is 22.0 Å². The molecule has 20 heavy (non-hydrogen) atoms. The van der Waals surface area contributed by atoms with Crippen LogP contribution < -0.4 is 5.32 Å². The van der Waals surface area contributed by atoms with E-state index in [2.05, 4.69) is 10.3 Å². The Morgan fingerprint density at radius 2 is 2.00 bits per heavy atom. The molecule has 0 radical (unpaired) electrons. The molecule has 6 heteroatoms. The summed E-state index contributed by atoms with van der Waals surface area (Å²) >= 11 is 1.44. The third-order valence-electron chi connectivity index (χ3n) is 4.24. The average Bonchev–Trinajstić information content (AvgIpc) is 3.33. The summed E-state index contributed by atoms with van der Waals surface area (Å²) < 4.78 is 0.872. The van der Waals surface area contributed by atoms with E-state index in [1.165, 1.54) is 37.0 Å². The predicted molar refractivity (Wildman–Crippen MR) is 79.1 cm³/mol. The highest BCUT2D eigenvalue weighted by Gasteiger charge is 2.42. The van der Waals surface area contributed by atoms with E-state index in [0.717, 1.165) is 4.70 Å². The minimum Gasteiger partial charge on any atom is -0.376 e. The van der Waals surface area contributed by atoms with Gasteiger partial charge in [-0.2, -0.15) is 0 Å². The molecule has 0 atom stereocenters. The molecule has 1 aromatic carbocycles. The fourth-order valence-corrected chi connectivity index (χ4v) is 3.61. The lowest BCUT2D eigenvalue weighted by Gasteiger charge is -2.19. The molecule has 104 valence electrons. The molecule has 2 saturated carbocycles. The van der Waals surface area contributed by atoms with Crippen molar-refractivity contribution in [3.8, 4) is 0 Å². The number of anilines is 1. The molecule has 1 N–H and O–H groups in total. The monoisotopic (exact) mass is 289 g/mol. The number of benzene rings is 1. The van der Waals surface area contributed by atoms with Crippen LogP contribution >= 0.6 is 11.3 Å². The lowest BCUT2D eigenvalue weighted by Crippen LogP contribution is -2.24. The van der Waals surface area contributed by atoms with Crippen LogP contribution in [0.4, 0.5) is 11.4 Å². The van der Waals surface area contributed by atoms with Crippen LogP contribution in [0.25, 0.3) is 10.2 Å². The lowest BCUT2D eigenvalue weighted by molar-refractivity contribution is -0.382. The molecule has 0 amide bonds. The number of aromatic nitrogens is 1. The van der Waals surface area contributed by atoms with Gasteiger partial charge in [-0.1, -0.05) is 0 Å². The van der Waals surface area contributed by atoms with Gasteiger partial charge >= 0.3 is 5.69 Å². The number of nitrogens with one attached hydrogen (secondary N) is 1. The van der Waals surface area contributed by atoms with Crippen LogP contribution in [-0.4, -0.2) is 15.9 Å². The number of rotatable bonds is 5. The van der Waals surface area contributed by atoms with Gasteiger partial charge in [-0.15, -0.1) is 11.3 Å². The first-order chi connectivity index (χ1) is 9.74. The molecule has 2 aliphatic rings. The SMILES string of the molecule is O=[N+]([O-])c1c(NC(C2CC2)C2CC2)ccc2scnc12. The van der Waals surface area contributed by atoms with Crippen molar-refractivity contribution < 1.29 is 4.92 Å². The summed E-state index contributed by atoms with van der Waals surface area (Å²) in [5.74, 6) is 1.40. The standard InChI is InChI=1S/C14H15N3O2S/c18-17(19)14-10(5-6-11-13(14)15-7-20-11)16-12(8-1-2-8)9-3-4-9/h5-9,12,16H,1-4H2. The van der Waals surface area contributed by atoms with E-state index in [1.54, 1.807) is 5.51 Å². The predicted octanol–water partition coefficient (Wildman–Crippen LogP) is 3.81. The molecule has 5 nitrogen and oxygen atoms in total. The molecule has 0 bridgehead atoms. The number of hydrogen-bond donors (Lipinski definition) is 1. The Balaban J connectivity index is 1.74. The van der Waals surface area contributed by atoms with E-state index in [4.69, 9.17) is 0 Å². The summed E-state index contributed by atoms with van der Waals surface area (Å²) in [6.07, 6.45) is 5.00. The average molecular weight is 289 g/mol. The highest BCUT2D eigenvalue weighted by atomic mass is 32.1. The minimum atomic E-state index is -0.304. The van der Waals surface area contributed by atoms with Crippen LogP contribution in [0.15, 0.2) is 17.6 Å². The number of fused-ring (bicyclic) bond motifs is 1. The fraction of sp³-hybridized carbons (Fsp3) is 0.500. The Kier molecular flexibility index (Phi) is 2.66. The molecule has 2 fully saturated rings. The first kappa shape index (κ1) is 12.1. The second-order valence-electron chi connectivity index (χ2n) is 5.76. The summed E-state index contributed by atoms with van der Waals surface area (Å²) in [4.78, 5) is 15.3. The van der Waals surface area contributed by atoms with E-state index < -0.39 is 0 Å². The van der Waals surface area contributed by atoms with Gasteiger partial charge in [0.1, 0.15) is 5.69 Å². The normalized spacial score (nSPS) is 18.6. The van der Waals surface area contributed by atoms with Gasteiger partial charge in [-0.05, 0) is 49.7 Å². The van der Waals surface area contributed by atoms with Gasteiger partial charge < -0.3 is 5.32 Å². The van der Waals surface area contributed by atoms with E-state index >= 15 is 0 Å². The van der Waals surface area contributed by atoms with E-state index in [1.807, 2.05) is 12.1 Å². The number of nitro benzene ring substituents is 1. The van der Waals surface area contributed by atoms with Crippen LogP contribution in [0.5, 0.6) is 0 Å². The quantitative estimate of drug-likeness (QED) is 0.671. The van der Waals surface area contributed by atoms with Gasteiger partial charge in [0.05, 0.1) is 15.1 Å². The molecule has 0 aliphatic heterocycles. The summed E-state index contributed by atoms with van der Waals surface area (Å²) in [6.45, 7) is 0.